The average molecular weight is 248 g/mol. The van der Waals surface area contributed by atoms with Gasteiger partial charge in [-0.15, -0.1) is 0 Å². The second-order valence-corrected chi connectivity index (χ2v) is 3.87. The molecule has 0 aromatic carbocycles. The molecule has 0 bridgehead atoms. The van der Waals surface area contributed by atoms with Gasteiger partial charge in [0.05, 0.1) is 6.61 Å². The lowest BCUT2D eigenvalue weighted by Crippen LogP contribution is -2.22. The highest BCUT2D eigenvalue weighted by atomic mass is 16.5. The Morgan fingerprint density at radius 1 is 1.61 bits per heavy atom. The van der Waals surface area contributed by atoms with E-state index in [4.69, 9.17) is 10.00 Å². The second-order valence-electron chi connectivity index (χ2n) is 3.87. The van der Waals surface area contributed by atoms with Crippen molar-refractivity contribution < 1.29 is 14.3 Å². The van der Waals surface area contributed by atoms with E-state index in [1.165, 1.54) is 6.08 Å². The molecule has 1 rings (SSSR count). The Balaban J connectivity index is 2.66. The van der Waals surface area contributed by atoms with Crippen LogP contribution in [0.5, 0.6) is 0 Å². The molecular formula is C13H16N2O3. The van der Waals surface area contributed by atoms with Gasteiger partial charge in [-0.3, -0.25) is 4.79 Å². The van der Waals surface area contributed by atoms with Gasteiger partial charge < -0.3 is 9.64 Å². The van der Waals surface area contributed by atoms with E-state index in [-0.39, 0.29) is 17.6 Å². The fourth-order valence-corrected chi connectivity index (χ4v) is 1.83. The van der Waals surface area contributed by atoms with Crippen molar-refractivity contribution in [1.29, 1.82) is 5.26 Å². The number of carbonyl (C=O) groups is 2. The van der Waals surface area contributed by atoms with E-state index in [1.807, 2.05) is 11.0 Å². The van der Waals surface area contributed by atoms with Crippen molar-refractivity contribution in [2.45, 2.75) is 25.8 Å². The molecule has 0 amide bonds. The molecule has 0 N–H and O–H groups in total. The van der Waals surface area contributed by atoms with E-state index in [0.29, 0.717) is 12.9 Å². The zero-order chi connectivity index (χ0) is 13.4. The molecule has 18 heavy (non-hydrogen) atoms. The molecule has 0 spiro atoms. The molecule has 0 radical (unpaired) electrons. The molecule has 96 valence electrons. The molecule has 1 heterocycles. The maximum Gasteiger partial charge on any atom is 0.330 e. The van der Waals surface area contributed by atoms with Crippen LogP contribution in [0.3, 0.4) is 0 Å². The van der Waals surface area contributed by atoms with Crippen LogP contribution in [0.15, 0.2) is 23.9 Å². The molecule has 1 atom stereocenters. The van der Waals surface area contributed by atoms with Crippen LogP contribution in [0, 0.1) is 11.3 Å². The molecule has 5 nitrogen and oxygen atoms in total. The fourth-order valence-electron chi connectivity index (χ4n) is 1.83. The topological polar surface area (TPSA) is 70.4 Å². The number of ether oxygens (including phenoxy) is 1. The summed E-state index contributed by atoms with van der Waals surface area (Å²) in [6, 6.07) is 1.86. The Morgan fingerprint density at radius 2 is 2.39 bits per heavy atom. The third-order valence-electron chi connectivity index (χ3n) is 2.64. The maximum atomic E-state index is 11.2. The number of esters is 1. The lowest BCUT2D eigenvalue weighted by Gasteiger charge is -2.19. The zero-order valence-electron chi connectivity index (χ0n) is 10.3. The standard InChI is InChI=1S/C13H16N2O3/c1-2-18-13(17)6-5-12-4-3-7-15(12)9-11(8-14)10-16/h5-6,9-10,12H,2-4,7H2,1H3/b6-5+,11-9+/t12-/m0/s1. The van der Waals surface area contributed by atoms with Crippen LogP contribution in [0.4, 0.5) is 0 Å². The third kappa shape index (κ3) is 4.06. The first-order valence-electron chi connectivity index (χ1n) is 5.89. The van der Waals surface area contributed by atoms with Gasteiger partial charge in [0.25, 0.3) is 0 Å². The Labute approximate surface area is 106 Å². The van der Waals surface area contributed by atoms with Crippen molar-refractivity contribution in [2.75, 3.05) is 13.2 Å². The molecule has 1 fully saturated rings. The normalized spacial score (nSPS) is 19.9. The summed E-state index contributed by atoms with van der Waals surface area (Å²) in [4.78, 5) is 23.7. The Bertz CT molecular complexity index is 407. The number of nitrogens with zero attached hydrogens (tertiary/aromatic N) is 2. The van der Waals surface area contributed by atoms with Crippen LogP contribution in [0.1, 0.15) is 19.8 Å². The highest BCUT2D eigenvalue weighted by Gasteiger charge is 2.20. The van der Waals surface area contributed by atoms with E-state index in [1.54, 1.807) is 19.2 Å². The number of hydrogen-bond donors (Lipinski definition) is 0. The lowest BCUT2D eigenvalue weighted by molar-refractivity contribution is -0.137. The summed E-state index contributed by atoms with van der Waals surface area (Å²) in [6.45, 7) is 2.87. The molecule has 0 saturated carbocycles. The Hall–Kier alpha value is -2.09. The van der Waals surface area contributed by atoms with E-state index in [9.17, 15) is 9.59 Å². The van der Waals surface area contributed by atoms with Crippen molar-refractivity contribution in [2.24, 2.45) is 0 Å². The molecule has 1 aliphatic heterocycles. The first-order chi connectivity index (χ1) is 8.71. The Kier molecular flexibility index (Phi) is 5.65. The van der Waals surface area contributed by atoms with Crippen LogP contribution >= 0.6 is 0 Å². The second kappa shape index (κ2) is 7.28. The predicted molar refractivity (Wildman–Crippen MR) is 65.3 cm³/mol. The monoisotopic (exact) mass is 248 g/mol. The van der Waals surface area contributed by atoms with Crippen LogP contribution in [0.2, 0.25) is 0 Å². The maximum absolute atomic E-state index is 11.2. The van der Waals surface area contributed by atoms with Gasteiger partial charge in [-0.05, 0) is 19.8 Å². The predicted octanol–water partition coefficient (Wildman–Crippen LogP) is 1.18. The first-order valence-corrected chi connectivity index (χ1v) is 5.89. The highest BCUT2D eigenvalue weighted by molar-refractivity contribution is 5.82. The minimum absolute atomic E-state index is 0.0395. The van der Waals surface area contributed by atoms with E-state index >= 15 is 0 Å². The van der Waals surface area contributed by atoms with Gasteiger partial charge >= 0.3 is 5.97 Å². The molecule has 0 aromatic heterocycles. The van der Waals surface area contributed by atoms with Gasteiger partial charge in [-0.1, -0.05) is 6.08 Å². The van der Waals surface area contributed by atoms with Crippen molar-refractivity contribution in [3.05, 3.63) is 23.9 Å². The smallest absolute Gasteiger partial charge is 0.330 e. The number of nitriles is 1. The Morgan fingerprint density at radius 3 is 3.00 bits per heavy atom. The molecule has 0 unspecified atom stereocenters. The quantitative estimate of drug-likeness (QED) is 0.316. The highest BCUT2D eigenvalue weighted by Crippen LogP contribution is 2.19. The number of carbonyl (C=O) groups excluding carboxylic acids is 2. The summed E-state index contributed by atoms with van der Waals surface area (Å²) in [7, 11) is 0. The summed E-state index contributed by atoms with van der Waals surface area (Å²) < 4.78 is 4.79. The summed E-state index contributed by atoms with van der Waals surface area (Å²) in [5.74, 6) is -0.371. The number of allylic oxidation sites excluding steroid dienone is 1. The van der Waals surface area contributed by atoms with E-state index in [2.05, 4.69) is 0 Å². The number of aldehydes is 1. The summed E-state index contributed by atoms with van der Waals surface area (Å²) in [5, 5.41) is 8.69. The van der Waals surface area contributed by atoms with Gasteiger partial charge in [0.1, 0.15) is 11.6 Å². The molecule has 1 saturated heterocycles. The van der Waals surface area contributed by atoms with Crippen LogP contribution in [0.25, 0.3) is 0 Å². The van der Waals surface area contributed by atoms with Crippen molar-refractivity contribution in [3.63, 3.8) is 0 Å². The SMILES string of the molecule is CCOC(=O)/C=C/[C@@H]1CCCN1/C=C(\C#N)C=O. The van der Waals surface area contributed by atoms with Gasteiger partial charge in [0, 0.05) is 24.9 Å². The molecular weight excluding hydrogens is 232 g/mol. The van der Waals surface area contributed by atoms with Crippen LogP contribution in [-0.4, -0.2) is 36.3 Å². The number of rotatable bonds is 5. The fraction of sp³-hybridized carbons (Fsp3) is 0.462. The summed E-state index contributed by atoms with van der Waals surface area (Å²) in [5.41, 5.74) is 0.0893. The van der Waals surface area contributed by atoms with Crippen LogP contribution < -0.4 is 0 Å². The van der Waals surface area contributed by atoms with Gasteiger partial charge in [0.15, 0.2) is 6.29 Å². The summed E-state index contributed by atoms with van der Waals surface area (Å²) in [6.07, 6.45) is 7.08. The van der Waals surface area contributed by atoms with Crippen molar-refractivity contribution >= 4 is 12.3 Å². The number of hydrogen-bond acceptors (Lipinski definition) is 5. The molecule has 5 heteroatoms. The first kappa shape index (κ1) is 14.0. The molecule has 0 aliphatic carbocycles. The van der Waals surface area contributed by atoms with Gasteiger partial charge in [-0.2, -0.15) is 5.26 Å². The largest absolute Gasteiger partial charge is 0.463 e. The summed E-state index contributed by atoms with van der Waals surface area (Å²) >= 11 is 0. The number of likely N-dealkylation sites (tertiary alicyclic amines) is 1. The van der Waals surface area contributed by atoms with Gasteiger partial charge in [-0.25, -0.2) is 4.79 Å². The minimum Gasteiger partial charge on any atom is -0.463 e. The average Bonchev–Trinajstić information content (AvgIpc) is 2.81. The van der Waals surface area contributed by atoms with Gasteiger partial charge in [0.2, 0.25) is 0 Å². The van der Waals surface area contributed by atoms with E-state index in [0.717, 1.165) is 19.4 Å². The van der Waals surface area contributed by atoms with Crippen molar-refractivity contribution in [3.8, 4) is 6.07 Å². The van der Waals surface area contributed by atoms with Crippen molar-refractivity contribution in [1.82, 2.24) is 4.90 Å². The zero-order valence-corrected chi connectivity index (χ0v) is 10.3. The van der Waals surface area contributed by atoms with Crippen LogP contribution in [-0.2, 0) is 14.3 Å². The van der Waals surface area contributed by atoms with E-state index < -0.39 is 0 Å². The molecule has 1 aliphatic rings. The minimum atomic E-state index is -0.371. The third-order valence-corrected chi connectivity index (χ3v) is 2.64. The molecule has 0 aromatic rings. The lowest BCUT2D eigenvalue weighted by atomic mass is 10.2.